The van der Waals surface area contributed by atoms with Gasteiger partial charge in [0.25, 0.3) is 0 Å². The van der Waals surface area contributed by atoms with E-state index in [0.717, 1.165) is 25.7 Å². The van der Waals surface area contributed by atoms with Crippen LogP contribution in [0.25, 0.3) is 0 Å². The number of amides is 1. The molecule has 0 aromatic carbocycles. The minimum Gasteiger partial charge on any atom is -0.384 e. The lowest BCUT2D eigenvalue weighted by Crippen LogP contribution is -2.54. The van der Waals surface area contributed by atoms with E-state index in [2.05, 4.69) is 5.32 Å². The van der Waals surface area contributed by atoms with E-state index in [9.17, 15) is 13.2 Å². The van der Waals surface area contributed by atoms with Crippen molar-refractivity contribution in [2.75, 3.05) is 25.2 Å². The predicted molar refractivity (Wildman–Crippen MR) is 87.7 cm³/mol. The fourth-order valence-corrected chi connectivity index (χ4v) is 4.78. The molecule has 0 aromatic rings. The van der Waals surface area contributed by atoms with Gasteiger partial charge in [-0.05, 0) is 37.5 Å². The molecule has 130 valence electrons. The third kappa shape index (κ3) is 5.37. The number of rotatable bonds is 6. The molecule has 8 heteroatoms. The molecule has 2 rings (SSSR count). The fourth-order valence-electron chi connectivity index (χ4n) is 3.73. The van der Waals surface area contributed by atoms with E-state index in [1.54, 1.807) is 0 Å². The minimum atomic E-state index is -3.39. The first-order chi connectivity index (χ1) is 9.91. The van der Waals surface area contributed by atoms with E-state index in [1.165, 1.54) is 13.5 Å². The topological polar surface area (TPSA) is 98.5 Å². The molecule has 2 bridgehead atoms. The highest BCUT2D eigenvalue weighted by molar-refractivity contribution is 7.92. The normalized spacial score (nSPS) is 31.2. The molecule has 2 fully saturated rings. The molecule has 0 saturated heterocycles. The summed E-state index contributed by atoms with van der Waals surface area (Å²) < 4.78 is 28.3. The summed E-state index contributed by atoms with van der Waals surface area (Å²) >= 11 is 0. The van der Waals surface area contributed by atoms with Crippen molar-refractivity contribution in [2.45, 2.75) is 44.2 Å². The van der Waals surface area contributed by atoms with Gasteiger partial charge in [-0.25, -0.2) is 8.42 Å². The number of carbonyl (C=O) groups is 1. The Kier molecular flexibility index (Phi) is 7.58. The van der Waals surface area contributed by atoms with E-state index in [4.69, 9.17) is 10.5 Å². The van der Waals surface area contributed by atoms with Crippen LogP contribution in [0.2, 0.25) is 0 Å². The summed E-state index contributed by atoms with van der Waals surface area (Å²) in [4.78, 5) is 12.0. The van der Waals surface area contributed by atoms with Crippen LogP contribution >= 0.6 is 12.4 Å². The first-order valence-corrected chi connectivity index (χ1v) is 9.47. The van der Waals surface area contributed by atoms with E-state index in [0.29, 0.717) is 11.8 Å². The maximum Gasteiger partial charge on any atom is 0.235 e. The molecule has 0 spiro atoms. The Morgan fingerprint density at radius 1 is 1.27 bits per heavy atom. The van der Waals surface area contributed by atoms with Gasteiger partial charge in [-0.3, -0.25) is 4.79 Å². The van der Waals surface area contributed by atoms with E-state index >= 15 is 0 Å². The van der Waals surface area contributed by atoms with Crippen LogP contribution in [0.15, 0.2) is 0 Å². The molecule has 2 aliphatic carbocycles. The molecule has 3 N–H and O–H groups in total. The molecule has 2 unspecified atom stereocenters. The maximum atomic E-state index is 12.0. The lowest BCUT2D eigenvalue weighted by Gasteiger charge is -2.45. The third-order valence-corrected chi connectivity index (χ3v) is 6.14. The van der Waals surface area contributed by atoms with Gasteiger partial charge in [-0.15, -0.1) is 12.4 Å². The average molecular weight is 355 g/mol. The second-order valence-electron chi connectivity index (χ2n) is 6.36. The molecular formula is C14H27ClN2O4S. The molecular weight excluding hydrogens is 328 g/mol. The Balaban J connectivity index is 0.00000242. The maximum absolute atomic E-state index is 12.0. The van der Waals surface area contributed by atoms with Crippen molar-refractivity contribution in [1.82, 2.24) is 5.32 Å². The van der Waals surface area contributed by atoms with Crippen LogP contribution in [0.1, 0.15) is 32.1 Å². The van der Waals surface area contributed by atoms with Gasteiger partial charge in [0.2, 0.25) is 5.91 Å². The molecule has 2 aliphatic rings. The van der Waals surface area contributed by atoms with Gasteiger partial charge in [-0.1, -0.05) is 6.42 Å². The van der Waals surface area contributed by atoms with Gasteiger partial charge in [0, 0.05) is 19.2 Å². The van der Waals surface area contributed by atoms with E-state index in [-0.39, 0.29) is 42.8 Å². The van der Waals surface area contributed by atoms with Crippen molar-refractivity contribution in [2.24, 2.45) is 17.6 Å². The highest BCUT2D eigenvalue weighted by Crippen LogP contribution is 2.39. The molecule has 2 atom stereocenters. The van der Waals surface area contributed by atoms with Crippen molar-refractivity contribution in [3.8, 4) is 0 Å². The zero-order valence-electron chi connectivity index (χ0n) is 13.0. The molecule has 0 aliphatic heterocycles. The zero-order valence-corrected chi connectivity index (χ0v) is 14.6. The quantitative estimate of drug-likeness (QED) is 0.723. The summed E-state index contributed by atoms with van der Waals surface area (Å²) in [6.45, 7) is 0.124. The summed E-state index contributed by atoms with van der Waals surface area (Å²) in [5, 5.41) is 2.96. The highest BCUT2D eigenvalue weighted by atomic mass is 35.5. The number of nitrogens with two attached hydrogens (primary N) is 1. The molecule has 0 radical (unpaired) electrons. The van der Waals surface area contributed by atoms with Crippen molar-refractivity contribution >= 4 is 28.2 Å². The molecule has 2 saturated carbocycles. The predicted octanol–water partition coefficient (Wildman–Crippen LogP) is 0.492. The summed E-state index contributed by atoms with van der Waals surface area (Å²) in [6, 6.07) is 0.322. The molecule has 1 amide bonds. The van der Waals surface area contributed by atoms with Crippen LogP contribution in [-0.4, -0.2) is 51.6 Å². The van der Waals surface area contributed by atoms with Gasteiger partial charge in [-0.2, -0.15) is 0 Å². The van der Waals surface area contributed by atoms with Crippen LogP contribution < -0.4 is 11.1 Å². The highest BCUT2D eigenvalue weighted by Gasteiger charge is 2.40. The molecule has 0 heterocycles. The standard InChI is InChI=1S/C14H26N2O4S.ClH/c1-20-5-6-21(18,19)9-13(17)16-14-10-3-2-4-11(14)8-12(15)7-10;/h10-12,14H,2-9,15H2,1H3,(H,16,17);1H. The van der Waals surface area contributed by atoms with Gasteiger partial charge in [0.15, 0.2) is 9.84 Å². The van der Waals surface area contributed by atoms with Gasteiger partial charge < -0.3 is 15.8 Å². The number of carbonyl (C=O) groups excluding carboxylic acids is 1. The number of methoxy groups -OCH3 is 1. The second kappa shape index (κ2) is 8.47. The SMILES string of the molecule is COCCS(=O)(=O)CC(=O)NC1C2CCCC1CC(N)C2.Cl. The third-order valence-electron chi connectivity index (χ3n) is 4.65. The average Bonchev–Trinajstić information content (AvgIpc) is 2.37. The largest absolute Gasteiger partial charge is 0.384 e. The number of hydrogen-bond donors (Lipinski definition) is 2. The van der Waals surface area contributed by atoms with Crippen molar-refractivity contribution in [3.05, 3.63) is 0 Å². The summed E-state index contributed by atoms with van der Waals surface area (Å²) in [5.41, 5.74) is 6.05. The lowest BCUT2D eigenvalue weighted by atomic mass is 9.67. The second-order valence-corrected chi connectivity index (χ2v) is 8.54. The van der Waals surface area contributed by atoms with E-state index in [1.807, 2.05) is 0 Å². The van der Waals surface area contributed by atoms with Crippen molar-refractivity contribution in [1.29, 1.82) is 0 Å². The van der Waals surface area contributed by atoms with Crippen LogP contribution in [0.4, 0.5) is 0 Å². The van der Waals surface area contributed by atoms with Gasteiger partial charge >= 0.3 is 0 Å². The van der Waals surface area contributed by atoms with Gasteiger partial charge in [0.05, 0.1) is 12.4 Å². The monoisotopic (exact) mass is 354 g/mol. The molecule has 6 nitrogen and oxygen atoms in total. The van der Waals surface area contributed by atoms with Crippen LogP contribution in [-0.2, 0) is 19.4 Å². The fraction of sp³-hybridized carbons (Fsp3) is 0.929. The Hall–Kier alpha value is -0.370. The summed E-state index contributed by atoms with van der Waals surface area (Å²) in [7, 11) is -1.94. The molecule has 22 heavy (non-hydrogen) atoms. The number of ether oxygens (including phenoxy) is 1. The zero-order chi connectivity index (χ0) is 15.5. The van der Waals surface area contributed by atoms with E-state index < -0.39 is 15.6 Å². The Bertz CT molecular complexity index is 457. The smallest absolute Gasteiger partial charge is 0.235 e. The number of hydrogen-bond acceptors (Lipinski definition) is 5. The van der Waals surface area contributed by atoms with Crippen molar-refractivity contribution in [3.63, 3.8) is 0 Å². The number of halogens is 1. The van der Waals surface area contributed by atoms with Crippen LogP contribution in [0, 0.1) is 11.8 Å². The lowest BCUT2D eigenvalue weighted by molar-refractivity contribution is -0.120. The minimum absolute atomic E-state index is 0. The first-order valence-electron chi connectivity index (χ1n) is 7.65. The van der Waals surface area contributed by atoms with Crippen LogP contribution in [0.3, 0.4) is 0 Å². The van der Waals surface area contributed by atoms with Crippen LogP contribution in [0.5, 0.6) is 0 Å². The number of sulfone groups is 1. The Labute approximate surface area is 138 Å². The van der Waals surface area contributed by atoms with Gasteiger partial charge in [0.1, 0.15) is 5.75 Å². The summed E-state index contributed by atoms with van der Waals surface area (Å²) in [6.07, 6.45) is 5.19. The number of nitrogens with one attached hydrogen (secondary N) is 1. The Morgan fingerprint density at radius 2 is 1.86 bits per heavy atom. The first kappa shape index (κ1) is 19.7. The summed E-state index contributed by atoms with van der Waals surface area (Å²) in [5.74, 6) is -0.141. The molecule has 0 aromatic heterocycles. The Morgan fingerprint density at radius 3 is 2.41 bits per heavy atom. The number of fused-ring (bicyclic) bond motifs is 2. The van der Waals surface area contributed by atoms with Crippen molar-refractivity contribution < 1.29 is 17.9 Å².